The summed E-state index contributed by atoms with van der Waals surface area (Å²) in [7, 11) is -5.40. The molecule has 0 aromatic heterocycles. The van der Waals surface area contributed by atoms with Gasteiger partial charge in [0.2, 0.25) is 0 Å². The van der Waals surface area contributed by atoms with Crippen LogP contribution in [0.3, 0.4) is 0 Å². The molecule has 22 heavy (non-hydrogen) atoms. The Morgan fingerprint density at radius 1 is 0.955 bits per heavy atom. The van der Waals surface area contributed by atoms with Gasteiger partial charge in [-0.1, -0.05) is 51.8 Å². The van der Waals surface area contributed by atoms with Crippen LogP contribution in [0.5, 0.6) is 0 Å². The van der Waals surface area contributed by atoms with Crippen molar-refractivity contribution in [3.63, 3.8) is 0 Å². The van der Waals surface area contributed by atoms with Crippen LogP contribution in [-0.4, -0.2) is 24.5 Å². The third-order valence-corrected chi connectivity index (χ3v) is 5.08. The highest BCUT2D eigenvalue weighted by Gasteiger charge is 2.05. The van der Waals surface area contributed by atoms with Gasteiger partial charge in [0.1, 0.15) is 6.72 Å². The highest BCUT2D eigenvalue weighted by molar-refractivity contribution is 8.07. The first-order valence-corrected chi connectivity index (χ1v) is 11.7. The number of unbranched alkanes of at least 4 members (excludes halogenated alkanes) is 3. The predicted molar refractivity (Wildman–Crippen MR) is 85.5 cm³/mol. The zero-order valence-electron chi connectivity index (χ0n) is 13.7. The van der Waals surface area contributed by atoms with Crippen LogP contribution in [0, 0.1) is 0 Å². The van der Waals surface area contributed by atoms with Gasteiger partial charge >= 0.3 is 0 Å². The van der Waals surface area contributed by atoms with E-state index in [1.165, 1.54) is 58.2 Å². The Balaban J connectivity index is 0. The lowest BCUT2D eigenvalue weighted by Gasteiger charge is -2.34. The number of phosphoric acid groups is 1. The molecule has 0 aromatic carbocycles. The van der Waals surface area contributed by atoms with Crippen molar-refractivity contribution >= 4 is 26.3 Å². The van der Waals surface area contributed by atoms with Crippen LogP contribution in [0.2, 0.25) is 0 Å². The van der Waals surface area contributed by atoms with Gasteiger partial charge in [0.05, 0.1) is 27.5 Å². The van der Waals surface area contributed by atoms with E-state index in [0.29, 0.717) is 0 Å². The van der Waals surface area contributed by atoms with E-state index in [1.807, 2.05) is 4.90 Å². The number of nitrogens with one attached hydrogen (secondary N) is 1. The fourth-order valence-corrected chi connectivity index (χ4v) is 3.53. The maximum atomic E-state index is 9.81. The Morgan fingerprint density at radius 2 is 1.27 bits per heavy atom. The first kappa shape index (κ1) is 24.9. The number of hydrogen-bond donors (Lipinski definition) is 2. The molecular weight excluding hydrogens is 348 g/mol. The summed E-state index contributed by atoms with van der Waals surface area (Å²) < 4.78 is 12.5. The molecule has 0 aliphatic rings. The largest absolute Gasteiger partial charge is 0.790 e. The topological polar surface area (TPSA) is 120 Å². The molecule has 2 N–H and O–H groups in total. The average molecular weight is 377 g/mol. The minimum atomic E-state index is -5.40. The highest BCUT2D eigenvalue weighted by atomic mass is 32.5. The molecule has 136 valence electrons. The molecule has 1 unspecified atom stereocenters. The Labute approximate surface area is 139 Å². The molecule has 0 fully saturated rings. The van der Waals surface area contributed by atoms with Crippen LogP contribution in [0.1, 0.15) is 59.3 Å². The van der Waals surface area contributed by atoms with Crippen molar-refractivity contribution in [1.82, 2.24) is 0 Å². The van der Waals surface area contributed by atoms with Crippen LogP contribution in [0.25, 0.3) is 0 Å². The summed E-state index contributed by atoms with van der Waals surface area (Å²) in [6.45, 7) is 6.47. The minimum absolute atomic E-state index is 1.35. The van der Waals surface area contributed by atoms with Gasteiger partial charge < -0.3 is 33.3 Å². The van der Waals surface area contributed by atoms with Gasteiger partial charge in [0.25, 0.3) is 0 Å². The van der Waals surface area contributed by atoms with Crippen molar-refractivity contribution < 1.29 is 33.3 Å². The molecule has 0 amide bonds. The number of hydrogen-bond acceptors (Lipinski definition) is 6. The Kier molecular flexibility index (Phi) is 15.9. The maximum Gasteiger partial charge on any atom is 0.117 e. The van der Waals surface area contributed by atoms with E-state index >= 15 is 0 Å². The normalized spacial score (nSPS) is 14.4. The van der Waals surface area contributed by atoms with Gasteiger partial charge in [-0.25, -0.2) is 0 Å². The quantitative estimate of drug-likeness (QED) is 0.474. The van der Waals surface area contributed by atoms with E-state index in [9.17, 15) is 19.2 Å². The maximum absolute atomic E-state index is 9.81. The van der Waals surface area contributed by atoms with Crippen molar-refractivity contribution in [3.8, 4) is 0 Å². The fourth-order valence-electron chi connectivity index (χ4n) is 1.78. The number of quaternary nitrogens is 1. The van der Waals surface area contributed by atoms with E-state index < -0.39 is 14.5 Å². The summed E-state index contributed by atoms with van der Waals surface area (Å²) in [5.74, 6) is 0. The monoisotopic (exact) mass is 377 g/mol. The van der Waals surface area contributed by atoms with Crippen molar-refractivity contribution in [2.75, 3.05) is 19.6 Å². The summed E-state index contributed by atoms with van der Waals surface area (Å²) >= 11 is 3.55. The zero-order chi connectivity index (χ0) is 17.6. The molecule has 0 spiro atoms. The first-order chi connectivity index (χ1) is 10.1. The molecule has 0 saturated carbocycles. The lowest BCUT2D eigenvalue weighted by atomic mass is 10.2. The fraction of sp³-hybridized carbons (Fsp3) is 1.00. The van der Waals surface area contributed by atoms with Crippen LogP contribution < -0.4 is 19.6 Å². The summed E-state index contributed by atoms with van der Waals surface area (Å²) in [6, 6.07) is 0. The van der Waals surface area contributed by atoms with E-state index in [0.717, 1.165) is 0 Å². The van der Waals surface area contributed by atoms with Crippen LogP contribution in [0.4, 0.5) is 0 Å². The minimum Gasteiger partial charge on any atom is -0.790 e. The van der Waals surface area contributed by atoms with Gasteiger partial charge in [-0.2, -0.15) is 0 Å². The van der Waals surface area contributed by atoms with E-state index in [1.54, 1.807) is 0 Å². The zero-order valence-corrected chi connectivity index (χ0v) is 16.3. The molecule has 0 bridgehead atoms. The summed E-state index contributed by atoms with van der Waals surface area (Å²) in [4.78, 5) is 38.6. The van der Waals surface area contributed by atoms with Gasteiger partial charge in [-0.15, -0.1) is 0 Å². The second kappa shape index (κ2) is 14.0. The van der Waals surface area contributed by atoms with Crippen molar-refractivity contribution in [2.24, 2.45) is 0 Å². The predicted octanol–water partition coefficient (Wildman–Crippen LogP) is -0.320. The van der Waals surface area contributed by atoms with E-state index in [-0.39, 0.29) is 0 Å². The molecule has 0 heterocycles. The van der Waals surface area contributed by atoms with E-state index in [2.05, 4.69) is 36.9 Å². The van der Waals surface area contributed by atoms with Crippen LogP contribution >= 0.6 is 14.5 Å². The molecule has 1 atom stereocenters. The van der Waals surface area contributed by atoms with E-state index in [4.69, 9.17) is 4.89 Å². The van der Waals surface area contributed by atoms with Gasteiger partial charge in [-0.05, 0) is 19.3 Å². The third-order valence-electron chi connectivity index (χ3n) is 2.85. The highest BCUT2D eigenvalue weighted by Crippen LogP contribution is 2.46. The average Bonchev–Trinajstić information content (AvgIpc) is 2.34. The van der Waals surface area contributed by atoms with Gasteiger partial charge in [-0.3, -0.25) is 0 Å². The summed E-state index contributed by atoms with van der Waals surface area (Å²) in [6.07, 6.45) is 8.26. The molecule has 0 saturated heterocycles. The molecule has 0 aromatic rings. The standard InChI is InChI=1S/C12H27N.H4O6P2S/c1-4-7-10-13(11-8-5-2)12-9-6-3;1-7(2,3)6-8(4,5)9/h4-12H2,1-3H3;(H2,1,2,3)(H2,4,5,9)/p-2. The second-order valence-electron chi connectivity index (χ2n) is 5.06. The smallest absolute Gasteiger partial charge is 0.117 e. The Morgan fingerprint density at radius 3 is 1.41 bits per heavy atom. The molecule has 0 aliphatic heterocycles. The van der Waals surface area contributed by atoms with Gasteiger partial charge in [0, 0.05) is 0 Å². The first-order valence-electron chi connectivity index (χ1n) is 7.66. The molecule has 10 heteroatoms. The van der Waals surface area contributed by atoms with Crippen molar-refractivity contribution in [3.05, 3.63) is 0 Å². The van der Waals surface area contributed by atoms with Crippen LogP contribution in [0.15, 0.2) is 0 Å². The second-order valence-corrected chi connectivity index (χ2v) is 8.93. The van der Waals surface area contributed by atoms with Crippen molar-refractivity contribution in [2.45, 2.75) is 59.3 Å². The molecule has 0 radical (unpaired) electrons. The lowest BCUT2D eigenvalue weighted by Crippen LogP contribution is -3.12. The van der Waals surface area contributed by atoms with Crippen molar-refractivity contribution in [1.29, 1.82) is 0 Å². The molecular formula is C12H29NO6P2S-2. The summed E-state index contributed by atoms with van der Waals surface area (Å²) in [5.41, 5.74) is 0. The SMILES string of the molecule is CCCC[NH+](CCCC)CCCC.O=P([O-])([O-])OP([O-])(O)=S. The molecule has 7 nitrogen and oxygen atoms in total. The van der Waals surface area contributed by atoms with Gasteiger partial charge in [0.15, 0.2) is 0 Å². The number of rotatable bonds is 11. The molecule has 0 aliphatic carbocycles. The third kappa shape index (κ3) is 22.9. The molecule has 0 rings (SSSR count). The Hall–Kier alpha value is 0.640. The Bertz CT molecular complexity index is 307. The van der Waals surface area contributed by atoms with Crippen LogP contribution in [-0.2, 0) is 20.7 Å². The summed E-state index contributed by atoms with van der Waals surface area (Å²) in [5, 5.41) is 0. The lowest BCUT2D eigenvalue weighted by molar-refractivity contribution is -0.900.